The lowest BCUT2D eigenvalue weighted by molar-refractivity contribution is 0.0951. The number of amides is 1. The maximum absolute atomic E-state index is 12.4. The van der Waals surface area contributed by atoms with Crippen LogP contribution in [0.3, 0.4) is 0 Å². The molecule has 0 radical (unpaired) electrons. The zero-order chi connectivity index (χ0) is 19.3. The number of fused-ring (bicyclic) bond motifs is 1. The number of hydrogen-bond donors (Lipinski definition) is 1. The van der Waals surface area contributed by atoms with Gasteiger partial charge in [-0.05, 0) is 47.5 Å². The van der Waals surface area contributed by atoms with Crippen molar-refractivity contribution in [2.24, 2.45) is 0 Å². The van der Waals surface area contributed by atoms with Gasteiger partial charge in [0.05, 0.1) is 19.2 Å². The zero-order valence-electron chi connectivity index (χ0n) is 15.5. The zero-order valence-corrected chi connectivity index (χ0v) is 15.5. The van der Waals surface area contributed by atoms with E-state index in [0.717, 1.165) is 27.9 Å². The van der Waals surface area contributed by atoms with Crippen molar-refractivity contribution in [3.63, 3.8) is 0 Å². The third-order valence-corrected chi connectivity index (χ3v) is 4.56. The molecule has 4 aromatic rings. The quantitative estimate of drug-likeness (QED) is 0.563. The van der Waals surface area contributed by atoms with Crippen molar-refractivity contribution in [3.8, 4) is 5.75 Å². The molecule has 0 saturated heterocycles. The van der Waals surface area contributed by atoms with E-state index in [1.165, 1.54) is 0 Å². The van der Waals surface area contributed by atoms with Crippen LogP contribution >= 0.6 is 0 Å². The molecule has 0 aliphatic heterocycles. The Hall–Kier alpha value is -3.67. The van der Waals surface area contributed by atoms with Gasteiger partial charge in [0.2, 0.25) is 0 Å². The first-order chi connectivity index (χ1) is 13.7. The SMILES string of the molecule is COc1cccc(CNC(=O)c2ccc(Cn3nnc4ccccc43)cc2)c1. The first kappa shape index (κ1) is 17.7. The maximum atomic E-state index is 12.4. The van der Waals surface area contributed by atoms with Gasteiger partial charge in [-0.3, -0.25) is 4.79 Å². The summed E-state index contributed by atoms with van der Waals surface area (Å²) < 4.78 is 7.06. The second kappa shape index (κ2) is 7.92. The van der Waals surface area contributed by atoms with Crippen LogP contribution in [0.15, 0.2) is 72.8 Å². The van der Waals surface area contributed by atoms with Crippen LogP contribution < -0.4 is 10.1 Å². The number of methoxy groups -OCH3 is 1. The summed E-state index contributed by atoms with van der Waals surface area (Å²) in [6.07, 6.45) is 0. The summed E-state index contributed by atoms with van der Waals surface area (Å²) in [6.45, 7) is 1.05. The van der Waals surface area contributed by atoms with Crippen molar-refractivity contribution in [1.82, 2.24) is 20.3 Å². The summed E-state index contributed by atoms with van der Waals surface area (Å²) in [5.41, 5.74) is 4.52. The van der Waals surface area contributed by atoms with Crippen LogP contribution in [0.5, 0.6) is 5.75 Å². The molecule has 28 heavy (non-hydrogen) atoms. The van der Waals surface area contributed by atoms with Gasteiger partial charge in [-0.1, -0.05) is 41.6 Å². The molecule has 0 unspecified atom stereocenters. The molecule has 6 nitrogen and oxygen atoms in total. The lowest BCUT2D eigenvalue weighted by atomic mass is 10.1. The molecule has 0 fully saturated rings. The molecule has 1 N–H and O–H groups in total. The first-order valence-electron chi connectivity index (χ1n) is 9.01. The Morgan fingerprint density at radius 1 is 1.00 bits per heavy atom. The van der Waals surface area contributed by atoms with Gasteiger partial charge in [-0.2, -0.15) is 0 Å². The van der Waals surface area contributed by atoms with Crippen LogP contribution in [0, 0.1) is 0 Å². The van der Waals surface area contributed by atoms with Gasteiger partial charge in [0, 0.05) is 12.1 Å². The third-order valence-electron chi connectivity index (χ3n) is 4.56. The second-order valence-corrected chi connectivity index (χ2v) is 6.47. The van der Waals surface area contributed by atoms with Gasteiger partial charge in [0.1, 0.15) is 11.3 Å². The van der Waals surface area contributed by atoms with E-state index < -0.39 is 0 Å². The molecule has 0 aliphatic carbocycles. The highest BCUT2D eigenvalue weighted by molar-refractivity contribution is 5.94. The highest BCUT2D eigenvalue weighted by Crippen LogP contribution is 2.14. The summed E-state index contributed by atoms with van der Waals surface area (Å²) in [5, 5.41) is 11.3. The van der Waals surface area contributed by atoms with E-state index in [1.807, 2.05) is 77.5 Å². The second-order valence-electron chi connectivity index (χ2n) is 6.47. The number of nitrogens with zero attached hydrogens (tertiary/aromatic N) is 3. The van der Waals surface area contributed by atoms with E-state index in [4.69, 9.17) is 4.74 Å². The summed E-state index contributed by atoms with van der Waals surface area (Å²) in [5.74, 6) is 0.664. The Labute approximate surface area is 162 Å². The minimum absolute atomic E-state index is 0.111. The number of carbonyl (C=O) groups excluding carboxylic acids is 1. The smallest absolute Gasteiger partial charge is 0.251 e. The Morgan fingerprint density at radius 2 is 1.82 bits per heavy atom. The van der Waals surface area contributed by atoms with Crippen molar-refractivity contribution in [1.29, 1.82) is 0 Å². The molecule has 1 aromatic heterocycles. The summed E-state index contributed by atoms with van der Waals surface area (Å²) in [7, 11) is 1.63. The van der Waals surface area contributed by atoms with Crippen LogP contribution in [0.25, 0.3) is 11.0 Å². The summed E-state index contributed by atoms with van der Waals surface area (Å²) >= 11 is 0. The van der Waals surface area contributed by atoms with E-state index in [-0.39, 0.29) is 5.91 Å². The Kier molecular flexibility index (Phi) is 5.01. The number of ether oxygens (including phenoxy) is 1. The van der Waals surface area contributed by atoms with E-state index in [2.05, 4.69) is 15.6 Å². The number of benzene rings is 3. The molecule has 0 saturated carbocycles. The van der Waals surface area contributed by atoms with Crippen molar-refractivity contribution >= 4 is 16.9 Å². The molecular weight excluding hydrogens is 352 g/mol. The Bertz CT molecular complexity index is 1100. The van der Waals surface area contributed by atoms with Crippen LogP contribution in [0.2, 0.25) is 0 Å². The molecule has 4 rings (SSSR count). The molecule has 6 heteroatoms. The van der Waals surface area contributed by atoms with Crippen LogP contribution in [-0.2, 0) is 13.1 Å². The molecular formula is C22H20N4O2. The number of nitrogens with one attached hydrogen (secondary N) is 1. The fraction of sp³-hybridized carbons (Fsp3) is 0.136. The average Bonchev–Trinajstić information content (AvgIpc) is 3.15. The van der Waals surface area contributed by atoms with Gasteiger partial charge in [0.15, 0.2) is 0 Å². The fourth-order valence-corrected chi connectivity index (χ4v) is 3.04. The Balaban J connectivity index is 1.40. The molecule has 1 amide bonds. The predicted molar refractivity (Wildman–Crippen MR) is 107 cm³/mol. The van der Waals surface area contributed by atoms with Gasteiger partial charge in [-0.15, -0.1) is 5.10 Å². The lowest BCUT2D eigenvalue weighted by Crippen LogP contribution is -2.22. The van der Waals surface area contributed by atoms with Crippen LogP contribution in [0.4, 0.5) is 0 Å². The van der Waals surface area contributed by atoms with Crippen molar-refractivity contribution in [2.45, 2.75) is 13.1 Å². The predicted octanol–water partition coefficient (Wildman–Crippen LogP) is 3.42. The topological polar surface area (TPSA) is 69.0 Å². The number of rotatable bonds is 6. The van der Waals surface area contributed by atoms with Gasteiger partial charge >= 0.3 is 0 Å². The number of aromatic nitrogens is 3. The third kappa shape index (κ3) is 3.86. The fourth-order valence-electron chi connectivity index (χ4n) is 3.04. The molecule has 0 spiro atoms. The Morgan fingerprint density at radius 3 is 2.64 bits per heavy atom. The molecule has 1 heterocycles. The first-order valence-corrected chi connectivity index (χ1v) is 9.01. The number of para-hydroxylation sites is 1. The van der Waals surface area contributed by atoms with Gasteiger partial charge < -0.3 is 10.1 Å². The molecule has 0 aliphatic rings. The van der Waals surface area contributed by atoms with Crippen LogP contribution in [-0.4, -0.2) is 28.0 Å². The standard InChI is InChI=1S/C22H20N4O2/c1-28-19-6-4-5-17(13-19)14-23-22(27)18-11-9-16(10-12-18)15-26-21-8-3-2-7-20(21)24-25-26/h2-13H,14-15H2,1H3,(H,23,27). The largest absolute Gasteiger partial charge is 0.497 e. The van der Waals surface area contributed by atoms with E-state index in [0.29, 0.717) is 18.7 Å². The monoisotopic (exact) mass is 372 g/mol. The van der Waals surface area contributed by atoms with E-state index in [1.54, 1.807) is 7.11 Å². The van der Waals surface area contributed by atoms with Crippen LogP contribution in [0.1, 0.15) is 21.5 Å². The summed E-state index contributed by atoms with van der Waals surface area (Å²) in [4.78, 5) is 12.4. The molecule has 0 bridgehead atoms. The van der Waals surface area contributed by atoms with Gasteiger partial charge in [0.25, 0.3) is 5.91 Å². The number of carbonyl (C=O) groups is 1. The molecule has 140 valence electrons. The van der Waals surface area contributed by atoms with E-state index in [9.17, 15) is 4.79 Å². The number of hydrogen-bond acceptors (Lipinski definition) is 4. The molecule has 0 atom stereocenters. The minimum atomic E-state index is -0.111. The normalized spacial score (nSPS) is 10.8. The maximum Gasteiger partial charge on any atom is 0.251 e. The highest BCUT2D eigenvalue weighted by atomic mass is 16.5. The van der Waals surface area contributed by atoms with Gasteiger partial charge in [-0.25, -0.2) is 4.68 Å². The summed E-state index contributed by atoms with van der Waals surface area (Å²) in [6, 6.07) is 23.0. The van der Waals surface area contributed by atoms with Crippen molar-refractivity contribution in [2.75, 3.05) is 7.11 Å². The minimum Gasteiger partial charge on any atom is -0.497 e. The average molecular weight is 372 g/mol. The van der Waals surface area contributed by atoms with E-state index >= 15 is 0 Å². The van der Waals surface area contributed by atoms with Crippen molar-refractivity contribution < 1.29 is 9.53 Å². The van der Waals surface area contributed by atoms with Crippen molar-refractivity contribution in [3.05, 3.63) is 89.5 Å². The molecule has 3 aromatic carbocycles. The lowest BCUT2D eigenvalue weighted by Gasteiger charge is -2.08. The highest BCUT2D eigenvalue weighted by Gasteiger charge is 2.08.